The lowest BCUT2D eigenvalue weighted by atomic mass is 9.78. The molecular formula is C17H16Br2ClF. The van der Waals surface area contributed by atoms with Crippen molar-refractivity contribution in [1.29, 1.82) is 0 Å². The van der Waals surface area contributed by atoms with Crippen molar-refractivity contribution in [3.63, 3.8) is 0 Å². The average Bonchev–Trinajstić information content (AvgIpc) is 2.48. The van der Waals surface area contributed by atoms with Gasteiger partial charge in [-0.05, 0) is 36.6 Å². The summed E-state index contributed by atoms with van der Waals surface area (Å²) >= 11 is 13.2. The summed E-state index contributed by atoms with van der Waals surface area (Å²) in [6.45, 7) is 2.09. The third-order valence-corrected chi connectivity index (χ3v) is 6.10. The molecule has 0 unspecified atom stereocenters. The molecule has 0 aliphatic carbocycles. The average molecular weight is 435 g/mol. The first-order valence-electron chi connectivity index (χ1n) is 6.64. The van der Waals surface area contributed by atoms with Crippen LogP contribution in [0.25, 0.3) is 0 Å². The zero-order valence-corrected chi connectivity index (χ0v) is 15.6. The lowest BCUT2D eigenvalue weighted by molar-refractivity contribution is 0.549. The van der Waals surface area contributed by atoms with E-state index in [1.165, 1.54) is 17.2 Å². The van der Waals surface area contributed by atoms with Crippen LogP contribution in [0.4, 0.5) is 4.39 Å². The van der Waals surface area contributed by atoms with Crippen LogP contribution in [0.1, 0.15) is 16.7 Å². The van der Waals surface area contributed by atoms with E-state index in [0.717, 1.165) is 22.6 Å². The van der Waals surface area contributed by atoms with Gasteiger partial charge in [-0.2, -0.15) is 0 Å². The smallest absolute Gasteiger partial charge is 0.141 e. The molecule has 0 bridgehead atoms. The van der Waals surface area contributed by atoms with E-state index >= 15 is 0 Å². The molecule has 0 saturated heterocycles. The van der Waals surface area contributed by atoms with Gasteiger partial charge in [0.2, 0.25) is 0 Å². The van der Waals surface area contributed by atoms with Gasteiger partial charge in [0.25, 0.3) is 0 Å². The number of benzene rings is 2. The van der Waals surface area contributed by atoms with Crippen molar-refractivity contribution in [2.24, 2.45) is 0 Å². The molecule has 4 heteroatoms. The molecule has 0 atom stereocenters. The summed E-state index contributed by atoms with van der Waals surface area (Å²) in [5.74, 6) is -0.376. The van der Waals surface area contributed by atoms with Crippen molar-refractivity contribution in [3.05, 3.63) is 70.0 Å². The second-order valence-electron chi connectivity index (χ2n) is 5.34. The largest absolute Gasteiger partial charge is 0.205 e. The molecule has 0 heterocycles. The van der Waals surface area contributed by atoms with Crippen molar-refractivity contribution in [2.45, 2.75) is 18.8 Å². The number of aryl methyl sites for hydroxylation is 1. The first-order valence-corrected chi connectivity index (χ1v) is 9.26. The Morgan fingerprint density at radius 3 is 2.38 bits per heavy atom. The minimum absolute atomic E-state index is 0.0901. The molecule has 112 valence electrons. The van der Waals surface area contributed by atoms with Crippen molar-refractivity contribution in [3.8, 4) is 0 Å². The molecule has 0 amide bonds. The molecular weight excluding hydrogens is 418 g/mol. The molecule has 2 aromatic rings. The molecule has 0 saturated carbocycles. The molecule has 0 spiro atoms. The minimum Gasteiger partial charge on any atom is -0.205 e. The first-order chi connectivity index (χ1) is 10.0. The summed E-state index contributed by atoms with van der Waals surface area (Å²) in [6, 6.07) is 13.5. The summed E-state index contributed by atoms with van der Waals surface area (Å²) < 4.78 is 13.3. The molecule has 21 heavy (non-hydrogen) atoms. The highest BCUT2D eigenvalue weighted by Gasteiger charge is 2.30. The summed E-state index contributed by atoms with van der Waals surface area (Å²) in [7, 11) is 0. The van der Waals surface area contributed by atoms with E-state index in [0.29, 0.717) is 0 Å². The van der Waals surface area contributed by atoms with Gasteiger partial charge in [-0.1, -0.05) is 79.4 Å². The topological polar surface area (TPSA) is 0 Å². The zero-order chi connectivity index (χ0) is 15.5. The van der Waals surface area contributed by atoms with Crippen LogP contribution in [-0.2, 0) is 11.8 Å². The van der Waals surface area contributed by atoms with Crippen LogP contribution in [0.3, 0.4) is 0 Å². The first kappa shape index (κ1) is 17.0. The van der Waals surface area contributed by atoms with E-state index < -0.39 is 0 Å². The predicted octanol–water partition coefficient (Wildman–Crippen LogP) is 6.06. The third kappa shape index (κ3) is 3.88. The van der Waals surface area contributed by atoms with Gasteiger partial charge in [0.1, 0.15) is 5.82 Å². The van der Waals surface area contributed by atoms with Crippen molar-refractivity contribution >= 4 is 43.5 Å². The number of rotatable bonds is 5. The standard InChI is InChI=1S/C17H16Br2ClF/c1-12-3-2-4-14(7-12)17(10-18,11-19)9-13-5-6-16(21)15(20)8-13/h2-8H,9-11H2,1H3. The Hall–Kier alpha value is -0.380. The Kier molecular flexibility index (Phi) is 5.87. The number of halogens is 4. The number of hydrogen-bond acceptors (Lipinski definition) is 0. The van der Waals surface area contributed by atoms with E-state index in [2.05, 4.69) is 63.0 Å². The maximum absolute atomic E-state index is 13.3. The highest BCUT2D eigenvalue weighted by molar-refractivity contribution is 9.09. The van der Waals surface area contributed by atoms with Crippen molar-refractivity contribution in [1.82, 2.24) is 0 Å². The maximum Gasteiger partial charge on any atom is 0.141 e. The molecule has 0 aliphatic heterocycles. The van der Waals surface area contributed by atoms with Gasteiger partial charge in [-0.15, -0.1) is 0 Å². The van der Waals surface area contributed by atoms with Crippen LogP contribution in [0.2, 0.25) is 5.02 Å². The van der Waals surface area contributed by atoms with Crippen LogP contribution in [0.15, 0.2) is 42.5 Å². The van der Waals surface area contributed by atoms with Gasteiger partial charge in [0, 0.05) is 16.1 Å². The van der Waals surface area contributed by atoms with Crippen LogP contribution < -0.4 is 0 Å². The highest BCUT2D eigenvalue weighted by atomic mass is 79.9. The molecule has 0 N–H and O–H groups in total. The fourth-order valence-corrected chi connectivity index (χ4v) is 4.58. The van der Waals surface area contributed by atoms with Gasteiger partial charge < -0.3 is 0 Å². The van der Waals surface area contributed by atoms with E-state index in [9.17, 15) is 4.39 Å². The predicted molar refractivity (Wildman–Crippen MR) is 95.6 cm³/mol. The van der Waals surface area contributed by atoms with E-state index in [4.69, 9.17) is 11.6 Å². The maximum atomic E-state index is 13.3. The monoisotopic (exact) mass is 432 g/mol. The van der Waals surface area contributed by atoms with Gasteiger partial charge in [0.05, 0.1) is 5.02 Å². The summed E-state index contributed by atoms with van der Waals surface area (Å²) in [5.41, 5.74) is 3.43. The SMILES string of the molecule is Cc1cccc(C(CBr)(CBr)Cc2ccc(F)c(Cl)c2)c1. The summed E-state index contributed by atoms with van der Waals surface area (Å²) in [5, 5.41) is 1.79. The second-order valence-corrected chi connectivity index (χ2v) is 6.87. The molecule has 0 nitrogen and oxygen atoms in total. The molecule has 2 rings (SSSR count). The Bertz CT molecular complexity index is 624. The molecule has 0 radical (unpaired) electrons. The van der Waals surface area contributed by atoms with Crippen LogP contribution in [0.5, 0.6) is 0 Å². The fourth-order valence-electron chi connectivity index (χ4n) is 2.40. The van der Waals surface area contributed by atoms with Gasteiger partial charge >= 0.3 is 0 Å². The van der Waals surface area contributed by atoms with Crippen LogP contribution in [-0.4, -0.2) is 10.7 Å². The van der Waals surface area contributed by atoms with Gasteiger partial charge in [-0.3, -0.25) is 0 Å². The number of hydrogen-bond donors (Lipinski definition) is 0. The lowest BCUT2D eigenvalue weighted by Crippen LogP contribution is -2.33. The zero-order valence-electron chi connectivity index (χ0n) is 11.7. The normalized spacial score (nSPS) is 11.7. The van der Waals surface area contributed by atoms with Crippen molar-refractivity contribution in [2.75, 3.05) is 10.7 Å². The van der Waals surface area contributed by atoms with Gasteiger partial charge in [-0.25, -0.2) is 4.39 Å². The minimum atomic E-state index is -0.376. The Morgan fingerprint density at radius 1 is 1.10 bits per heavy atom. The van der Waals surface area contributed by atoms with Crippen LogP contribution in [0, 0.1) is 12.7 Å². The fraction of sp³-hybridized carbons (Fsp3) is 0.294. The van der Waals surface area contributed by atoms with Crippen molar-refractivity contribution < 1.29 is 4.39 Å². The quantitative estimate of drug-likeness (QED) is 0.502. The molecule has 2 aromatic carbocycles. The van der Waals surface area contributed by atoms with E-state index in [-0.39, 0.29) is 16.3 Å². The Labute approximate surface area is 147 Å². The summed E-state index contributed by atoms with van der Waals surface area (Å²) in [4.78, 5) is 0. The lowest BCUT2D eigenvalue weighted by Gasteiger charge is -2.31. The summed E-state index contributed by atoms with van der Waals surface area (Å²) in [6.07, 6.45) is 0.785. The second kappa shape index (κ2) is 7.26. The third-order valence-electron chi connectivity index (χ3n) is 3.67. The van der Waals surface area contributed by atoms with Crippen LogP contribution >= 0.6 is 43.5 Å². The molecule has 0 fully saturated rings. The van der Waals surface area contributed by atoms with E-state index in [1.54, 1.807) is 12.1 Å². The highest BCUT2D eigenvalue weighted by Crippen LogP contribution is 2.34. The molecule has 0 aromatic heterocycles. The Balaban J connectivity index is 2.40. The molecule has 0 aliphatic rings. The van der Waals surface area contributed by atoms with Gasteiger partial charge in [0.15, 0.2) is 0 Å². The Morgan fingerprint density at radius 2 is 1.81 bits per heavy atom. The van der Waals surface area contributed by atoms with E-state index in [1.807, 2.05) is 0 Å². The number of alkyl halides is 2.